The molecule has 7 heteroatoms. The van der Waals surface area contributed by atoms with Gasteiger partial charge in [-0.2, -0.15) is 0 Å². The molecule has 0 unspecified atom stereocenters. The minimum Gasteiger partial charge on any atom is -0.494 e. The van der Waals surface area contributed by atoms with E-state index in [4.69, 9.17) is 4.74 Å². The number of anilines is 1. The molecule has 0 N–H and O–H groups in total. The van der Waals surface area contributed by atoms with Crippen molar-refractivity contribution in [2.45, 2.75) is 13.8 Å². The average molecular weight is 354 g/mol. The number of nitro benzene ring substituents is 1. The van der Waals surface area contributed by atoms with Crippen molar-refractivity contribution in [3.8, 4) is 5.75 Å². The Morgan fingerprint density at radius 2 is 1.69 bits per heavy atom. The topological polar surface area (TPSA) is 89.8 Å². The van der Waals surface area contributed by atoms with E-state index in [-0.39, 0.29) is 40.8 Å². The lowest BCUT2D eigenvalue weighted by Gasteiger charge is -2.21. The highest BCUT2D eigenvalue weighted by atomic mass is 16.6. The molecule has 1 aromatic carbocycles. The van der Waals surface area contributed by atoms with Crippen LogP contribution >= 0.6 is 0 Å². The molecule has 2 amide bonds. The fourth-order valence-corrected chi connectivity index (χ4v) is 4.63. The maximum Gasteiger partial charge on any atom is 0.273 e. The Balaban J connectivity index is 1.77. The van der Waals surface area contributed by atoms with E-state index in [0.717, 1.165) is 10.5 Å². The fraction of sp³-hybridized carbons (Fsp3) is 0.368. The van der Waals surface area contributed by atoms with Crippen LogP contribution in [0.15, 0.2) is 41.5 Å². The molecular formula is C19H18N2O5. The molecule has 4 atom stereocenters. The summed E-state index contributed by atoms with van der Waals surface area (Å²) >= 11 is 0. The van der Waals surface area contributed by atoms with E-state index in [1.54, 1.807) is 0 Å². The lowest BCUT2D eigenvalue weighted by Crippen LogP contribution is -2.33. The number of carbonyl (C=O) groups excluding carboxylic acids is 2. The van der Waals surface area contributed by atoms with Gasteiger partial charge in [-0.1, -0.05) is 23.3 Å². The summed E-state index contributed by atoms with van der Waals surface area (Å²) < 4.78 is 5.22. The van der Waals surface area contributed by atoms with E-state index in [1.807, 2.05) is 26.0 Å². The number of hydrogen-bond donors (Lipinski definition) is 0. The molecule has 1 saturated carbocycles. The van der Waals surface area contributed by atoms with Crippen LogP contribution in [-0.2, 0) is 9.59 Å². The molecule has 2 fully saturated rings. The number of methoxy groups -OCH3 is 1. The number of nitrogens with zero attached hydrogens (tertiary/aromatic N) is 2. The zero-order chi connectivity index (χ0) is 18.7. The number of non-ortho nitro benzene ring substituents is 1. The third-order valence-corrected chi connectivity index (χ3v) is 5.61. The van der Waals surface area contributed by atoms with E-state index in [9.17, 15) is 19.7 Å². The van der Waals surface area contributed by atoms with Crippen LogP contribution < -0.4 is 9.64 Å². The number of hydrogen-bond acceptors (Lipinski definition) is 5. The third-order valence-electron chi connectivity index (χ3n) is 5.61. The van der Waals surface area contributed by atoms with Gasteiger partial charge in [0.15, 0.2) is 0 Å². The van der Waals surface area contributed by atoms with Crippen molar-refractivity contribution >= 4 is 23.2 Å². The molecule has 7 nitrogen and oxygen atoms in total. The Morgan fingerprint density at radius 1 is 1.12 bits per heavy atom. The van der Waals surface area contributed by atoms with Crippen molar-refractivity contribution in [2.75, 3.05) is 12.0 Å². The van der Waals surface area contributed by atoms with Crippen LogP contribution in [0.1, 0.15) is 13.8 Å². The molecule has 1 aliphatic heterocycles. The molecule has 1 aromatic rings. The maximum absolute atomic E-state index is 13.1. The van der Waals surface area contributed by atoms with E-state index >= 15 is 0 Å². The molecule has 0 aromatic heterocycles. The average Bonchev–Trinajstić information content (AvgIpc) is 3.24. The largest absolute Gasteiger partial charge is 0.494 e. The van der Waals surface area contributed by atoms with Crippen molar-refractivity contribution in [2.24, 2.45) is 23.7 Å². The number of fused-ring (bicyclic) bond motifs is 5. The first-order chi connectivity index (χ1) is 12.4. The van der Waals surface area contributed by atoms with Gasteiger partial charge in [0.2, 0.25) is 11.8 Å². The van der Waals surface area contributed by atoms with Gasteiger partial charge in [0.1, 0.15) is 5.75 Å². The lowest BCUT2D eigenvalue weighted by molar-refractivity contribution is -0.384. The van der Waals surface area contributed by atoms with Crippen LogP contribution in [0, 0.1) is 33.8 Å². The lowest BCUT2D eigenvalue weighted by atomic mass is 9.85. The van der Waals surface area contributed by atoms with Gasteiger partial charge in [-0.05, 0) is 19.9 Å². The molecule has 4 rings (SSSR count). The molecule has 26 heavy (non-hydrogen) atoms. The van der Waals surface area contributed by atoms with Crippen molar-refractivity contribution in [1.82, 2.24) is 0 Å². The van der Waals surface area contributed by atoms with E-state index < -0.39 is 16.8 Å². The van der Waals surface area contributed by atoms with Crippen LogP contribution in [0.25, 0.3) is 0 Å². The summed E-state index contributed by atoms with van der Waals surface area (Å²) in [5, 5.41) is 11.0. The maximum atomic E-state index is 13.1. The van der Waals surface area contributed by atoms with Gasteiger partial charge in [0, 0.05) is 17.9 Å². The predicted molar refractivity (Wildman–Crippen MR) is 93.6 cm³/mol. The summed E-state index contributed by atoms with van der Waals surface area (Å²) in [7, 11) is 1.36. The van der Waals surface area contributed by atoms with E-state index in [2.05, 4.69) is 0 Å². The Kier molecular flexibility index (Phi) is 3.50. The van der Waals surface area contributed by atoms with E-state index in [1.165, 1.54) is 30.9 Å². The summed E-state index contributed by atoms with van der Waals surface area (Å²) in [5.41, 5.74) is 2.44. The fourth-order valence-electron chi connectivity index (χ4n) is 4.63. The molecule has 0 spiro atoms. The number of rotatable bonds is 3. The second-order valence-corrected chi connectivity index (χ2v) is 7.07. The quantitative estimate of drug-likeness (QED) is 0.360. The Hall–Kier alpha value is -2.96. The number of allylic oxidation sites excluding steroid dienone is 4. The van der Waals surface area contributed by atoms with Gasteiger partial charge >= 0.3 is 0 Å². The number of ether oxygens (including phenoxy) is 1. The number of imide groups is 1. The van der Waals surface area contributed by atoms with Crippen LogP contribution in [-0.4, -0.2) is 23.8 Å². The third kappa shape index (κ3) is 2.00. The zero-order valence-corrected chi connectivity index (χ0v) is 14.6. The van der Waals surface area contributed by atoms with Gasteiger partial charge in [0.25, 0.3) is 5.69 Å². The first-order valence-electron chi connectivity index (χ1n) is 8.42. The molecule has 134 valence electrons. The monoisotopic (exact) mass is 354 g/mol. The normalized spacial score (nSPS) is 28.7. The molecule has 1 saturated heterocycles. The highest BCUT2D eigenvalue weighted by Gasteiger charge is 2.62. The van der Waals surface area contributed by atoms with Crippen LogP contribution in [0.4, 0.5) is 11.4 Å². The van der Waals surface area contributed by atoms with Crippen molar-refractivity contribution in [1.29, 1.82) is 0 Å². The first kappa shape index (κ1) is 16.5. The number of carbonyl (C=O) groups is 2. The van der Waals surface area contributed by atoms with Gasteiger partial charge in [-0.25, -0.2) is 4.90 Å². The highest BCUT2D eigenvalue weighted by Crippen LogP contribution is 2.57. The number of benzene rings is 1. The smallest absolute Gasteiger partial charge is 0.273 e. The number of amides is 2. The zero-order valence-electron chi connectivity index (χ0n) is 14.6. The molecule has 3 aliphatic rings. The van der Waals surface area contributed by atoms with Gasteiger partial charge in [-0.3, -0.25) is 19.7 Å². The van der Waals surface area contributed by atoms with Gasteiger partial charge in [0.05, 0.1) is 35.6 Å². The van der Waals surface area contributed by atoms with Crippen molar-refractivity contribution in [3.63, 3.8) is 0 Å². The van der Waals surface area contributed by atoms with E-state index in [0.29, 0.717) is 0 Å². The second-order valence-electron chi connectivity index (χ2n) is 7.07. The van der Waals surface area contributed by atoms with Crippen LogP contribution in [0.5, 0.6) is 5.75 Å². The summed E-state index contributed by atoms with van der Waals surface area (Å²) in [6.07, 6.45) is 4.05. The molecule has 1 heterocycles. The summed E-state index contributed by atoms with van der Waals surface area (Å²) in [6, 6.07) is 3.92. The summed E-state index contributed by atoms with van der Waals surface area (Å²) in [4.78, 5) is 37.8. The predicted octanol–water partition coefficient (Wildman–Crippen LogP) is 2.86. The summed E-state index contributed by atoms with van der Waals surface area (Å²) in [6.45, 7) is 4.02. The van der Waals surface area contributed by atoms with Crippen molar-refractivity contribution in [3.05, 3.63) is 51.6 Å². The van der Waals surface area contributed by atoms with Crippen LogP contribution in [0.2, 0.25) is 0 Å². The first-order valence-corrected chi connectivity index (χ1v) is 8.42. The second kappa shape index (κ2) is 5.52. The Labute approximate surface area is 150 Å². The Bertz CT molecular complexity index is 879. The molecule has 2 bridgehead atoms. The standard InChI is InChI=1S/C19H18N2O5/c1-9(2)15-11-5-6-12(15)17-16(11)18(22)20(19(17)23)13-7-4-10(21(24)25)8-14(13)26-3/h4-8,11-12,16-17H,1-3H3/t11-,12-,16-,17-/m1/s1. The highest BCUT2D eigenvalue weighted by molar-refractivity contribution is 6.24. The van der Waals surface area contributed by atoms with Crippen LogP contribution in [0.3, 0.4) is 0 Å². The SMILES string of the molecule is COc1cc([N+](=O)[O-])ccc1N1C(=O)[C@H]2[C@H](C1=O)[C@@H]1C=C[C@@H]2C1=C(C)C. The van der Waals surface area contributed by atoms with Gasteiger partial charge < -0.3 is 4.74 Å². The molecule has 2 aliphatic carbocycles. The van der Waals surface area contributed by atoms with Gasteiger partial charge in [-0.15, -0.1) is 0 Å². The summed E-state index contributed by atoms with van der Waals surface area (Å²) in [5.74, 6) is -1.26. The Morgan fingerprint density at radius 3 is 2.15 bits per heavy atom. The number of nitro groups is 1. The minimum atomic E-state index is -0.542. The van der Waals surface area contributed by atoms with Crippen molar-refractivity contribution < 1.29 is 19.2 Å². The molecular weight excluding hydrogens is 336 g/mol. The minimum absolute atomic E-state index is 0.0412. The molecule has 0 radical (unpaired) electrons.